The van der Waals surface area contributed by atoms with E-state index in [9.17, 15) is 9.59 Å². The molecule has 3 aromatic rings. The molecule has 5 nitrogen and oxygen atoms in total. The Morgan fingerprint density at radius 1 is 1.32 bits per heavy atom. The molecular weight excluding hydrogens is 378 g/mol. The van der Waals surface area contributed by atoms with Gasteiger partial charge in [0.05, 0.1) is 11.1 Å². The molecule has 0 saturated carbocycles. The number of nitrogens with two attached hydrogens (primary N) is 1. The van der Waals surface area contributed by atoms with Crippen molar-refractivity contribution in [3.8, 4) is 5.69 Å². The molecule has 3 rings (SSSR count). The highest BCUT2D eigenvalue weighted by molar-refractivity contribution is 7.99. The van der Waals surface area contributed by atoms with Crippen LogP contribution in [0.2, 0.25) is 5.02 Å². The molecule has 0 fully saturated rings. The molecule has 130 valence electrons. The summed E-state index contributed by atoms with van der Waals surface area (Å²) in [6, 6.07) is 7.03. The monoisotopic (exact) mass is 393 g/mol. The maximum absolute atomic E-state index is 13.2. The summed E-state index contributed by atoms with van der Waals surface area (Å²) in [6.45, 7) is 3.91. The first kappa shape index (κ1) is 18.0. The van der Waals surface area contributed by atoms with Crippen LogP contribution in [0.1, 0.15) is 16.9 Å². The molecule has 0 aliphatic heterocycles. The number of benzene rings is 1. The molecule has 0 unspecified atom stereocenters. The van der Waals surface area contributed by atoms with Crippen LogP contribution >= 0.6 is 34.7 Å². The normalized spacial score (nSPS) is 11.2. The Balaban J connectivity index is 2.20. The Morgan fingerprint density at radius 2 is 2.00 bits per heavy atom. The van der Waals surface area contributed by atoms with Crippen molar-refractivity contribution in [2.24, 2.45) is 5.73 Å². The van der Waals surface area contributed by atoms with Crippen LogP contribution in [0.3, 0.4) is 0 Å². The molecule has 0 atom stereocenters. The Kier molecular flexibility index (Phi) is 5.17. The van der Waals surface area contributed by atoms with E-state index < -0.39 is 0 Å². The van der Waals surface area contributed by atoms with E-state index in [1.54, 1.807) is 28.8 Å². The predicted molar refractivity (Wildman–Crippen MR) is 104 cm³/mol. The molecule has 1 amide bonds. The summed E-state index contributed by atoms with van der Waals surface area (Å²) in [7, 11) is 0. The smallest absolute Gasteiger partial charge is 0.267 e. The predicted octanol–water partition coefficient (Wildman–Crippen LogP) is 3.68. The van der Waals surface area contributed by atoms with E-state index in [-0.39, 0.29) is 17.9 Å². The molecule has 0 radical (unpaired) electrons. The van der Waals surface area contributed by atoms with Crippen LogP contribution in [0.5, 0.6) is 0 Å². The van der Waals surface area contributed by atoms with Crippen LogP contribution in [0, 0.1) is 13.8 Å². The minimum atomic E-state index is -0.378. The number of fused-ring (bicyclic) bond motifs is 1. The van der Waals surface area contributed by atoms with E-state index in [1.165, 1.54) is 23.1 Å². The zero-order valence-corrected chi connectivity index (χ0v) is 16.1. The molecule has 2 N–H and O–H groups in total. The van der Waals surface area contributed by atoms with Gasteiger partial charge < -0.3 is 5.73 Å². The van der Waals surface area contributed by atoms with Crippen LogP contribution in [0.4, 0.5) is 0 Å². The number of halogens is 1. The van der Waals surface area contributed by atoms with E-state index in [4.69, 9.17) is 17.3 Å². The van der Waals surface area contributed by atoms with E-state index in [2.05, 4.69) is 4.98 Å². The van der Waals surface area contributed by atoms with Gasteiger partial charge in [0.1, 0.15) is 4.83 Å². The van der Waals surface area contributed by atoms with Crippen molar-refractivity contribution in [3.63, 3.8) is 0 Å². The van der Waals surface area contributed by atoms with Gasteiger partial charge in [0.25, 0.3) is 5.56 Å². The van der Waals surface area contributed by atoms with E-state index in [0.29, 0.717) is 31.8 Å². The fraction of sp³-hybridized carbons (Fsp3) is 0.235. The highest BCUT2D eigenvalue weighted by Gasteiger charge is 2.18. The van der Waals surface area contributed by atoms with Crippen molar-refractivity contribution in [2.75, 3.05) is 5.75 Å². The van der Waals surface area contributed by atoms with E-state index >= 15 is 0 Å². The first-order chi connectivity index (χ1) is 11.9. The van der Waals surface area contributed by atoms with Gasteiger partial charge in [0.15, 0.2) is 5.16 Å². The quantitative estimate of drug-likeness (QED) is 0.529. The molecule has 0 bridgehead atoms. The number of aromatic nitrogens is 2. The third-order valence-electron chi connectivity index (χ3n) is 3.84. The average molecular weight is 394 g/mol. The molecule has 0 aliphatic carbocycles. The fourth-order valence-electron chi connectivity index (χ4n) is 2.43. The van der Waals surface area contributed by atoms with Gasteiger partial charge in [0.2, 0.25) is 5.91 Å². The highest BCUT2D eigenvalue weighted by atomic mass is 35.5. The van der Waals surface area contributed by atoms with Crippen LogP contribution < -0.4 is 11.3 Å². The fourth-order valence-corrected chi connectivity index (χ4v) is 4.60. The van der Waals surface area contributed by atoms with Gasteiger partial charge in [-0.2, -0.15) is 0 Å². The summed E-state index contributed by atoms with van der Waals surface area (Å²) in [5, 5.41) is 1.77. The number of nitrogens with zero attached hydrogens (tertiary/aromatic N) is 2. The van der Waals surface area contributed by atoms with Gasteiger partial charge in [-0.15, -0.1) is 11.3 Å². The summed E-state index contributed by atoms with van der Waals surface area (Å²) in [4.78, 5) is 30.6. The molecule has 1 aromatic carbocycles. The Hall–Kier alpha value is -1.83. The van der Waals surface area contributed by atoms with Crippen LogP contribution in [0.15, 0.2) is 34.2 Å². The minimum Gasteiger partial charge on any atom is -0.370 e. The zero-order valence-electron chi connectivity index (χ0n) is 13.7. The van der Waals surface area contributed by atoms with Crippen molar-refractivity contribution in [3.05, 3.63) is 50.1 Å². The number of carbonyl (C=O) groups is 1. The van der Waals surface area contributed by atoms with Gasteiger partial charge in [-0.3, -0.25) is 14.2 Å². The molecule has 0 saturated heterocycles. The van der Waals surface area contributed by atoms with Gasteiger partial charge >= 0.3 is 0 Å². The van der Waals surface area contributed by atoms with Gasteiger partial charge in [-0.1, -0.05) is 23.4 Å². The summed E-state index contributed by atoms with van der Waals surface area (Å²) in [6.07, 6.45) is 0.224. The third kappa shape index (κ3) is 3.58. The lowest BCUT2D eigenvalue weighted by atomic mass is 10.2. The number of amides is 1. The second-order valence-electron chi connectivity index (χ2n) is 5.54. The van der Waals surface area contributed by atoms with Crippen LogP contribution in [0.25, 0.3) is 15.9 Å². The second-order valence-corrected chi connectivity index (χ2v) is 8.24. The van der Waals surface area contributed by atoms with Crippen molar-refractivity contribution in [1.82, 2.24) is 9.55 Å². The van der Waals surface area contributed by atoms with E-state index in [0.717, 1.165) is 10.4 Å². The number of rotatable bonds is 5. The molecule has 0 aliphatic rings. The van der Waals surface area contributed by atoms with Gasteiger partial charge in [0, 0.05) is 22.1 Å². The molecule has 8 heteroatoms. The molecular formula is C17H16ClN3O2S2. The molecule has 0 spiro atoms. The van der Waals surface area contributed by atoms with E-state index in [1.807, 2.05) is 13.8 Å². The Bertz CT molecular complexity index is 1010. The summed E-state index contributed by atoms with van der Waals surface area (Å²) in [5.41, 5.74) is 6.74. The SMILES string of the molecule is Cc1sc2nc(SCCC(N)=O)n(-c3ccc(Cl)cc3)c(=O)c2c1C. The first-order valence-corrected chi connectivity index (χ1v) is 9.76. The first-order valence-electron chi connectivity index (χ1n) is 7.58. The van der Waals surface area contributed by atoms with Crippen molar-refractivity contribution >= 4 is 50.8 Å². The number of carbonyl (C=O) groups excluding carboxylic acids is 1. The average Bonchev–Trinajstić information content (AvgIpc) is 2.83. The Labute approximate surface area is 157 Å². The third-order valence-corrected chi connectivity index (χ3v) is 6.13. The van der Waals surface area contributed by atoms with Crippen molar-refractivity contribution in [2.45, 2.75) is 25.4 Å². The lowest BCUT2D eigenvalue weighted by Crippen LogP contribution is -2.22. The number of primary amides is 1. The van der Waals surface area contributed by atoms with Crippen molar-refractivity contribution < 1.29 is 4.79 Å². The maximum atomic E-state index is 13.2. The van der Waals surface area contributed by atoms with Crippen LogP contribution in [-0.4, -0.2) is 21.2 Å². The lowest BCUT2D eigenvalue weighted by Gasteiger charge is -2.12. The van der Waals surface area contributed by atoms with Crippen LogP contribution in [-0.2, 0) is 4.79 Å². The number of thiophene rings is 1. The number of hydrogen-bond donors (Lipinski definition) is 1. The number of thioether (sulfide) groups is 1. The second kappa shape index (κ2) is 7.19. The maximum Gasteiger partial charge on any atom is 0.267 e. The number of hydrogen-bond acceptors (Lipinski definition) is 5. The molecule has 2 heterocycles. The van der Waals surface area contributed by atoms with Crippen molar-refractivity contribution in [1.29, 1.82) is 0 Å². The summed E-state index contributed by atoms with van der Waals surface area (Å²) in [5.74, 6) is 0.0845. The largest absolute Gasteiger partial charge is 0.370 e. The topological polar surface area (TPSA) is 78.0 Å². The highest BCUT2D eigenvalue weighted by Crippen LogP contribution is 2.29. The number of aryl methyl sites for hydroxylation is 2. The van der Waals surface area contributed by atoms with Gasteiger partial charge in [-0.05, 0) is 43.7 Å². The zero-order chi connectivity index (χ0) is 18.1. The standard InChI is InChI=1S/C17H16ClN3O2S2/c1-9-10(2)25-15-14(9)16(23)21(12-5-3-11(18)4-6-12)17(20-15)24-8-7-13(19)22/h3-6H,7-8H2,1-2H3,(H2,19,22). The lowest BCUT2D eigenvalue weighted by molar-refractivity contribution is -0.117. The molecule has 25 heavy (non-hydrogen) atoms. The summed E-state index contributed by atoms with van der Waals surface area (Å²) < 4.78 is 1.57. The molecule has 2 aromatic heterocycles. The summed E-state index contributed by atoms with van der Waals surface area (Å²) >= 11 is 8.81. The van der Waals surface area contributed by atoms with Gasteiger partial charge in [-0.25, -0.2) is 4.98 Å². The Morgan fingerprint density at radius 3 is 2.64 bits per heavy atom. The minimum absolute atomic E-state index is 0.115.